The highest BCUT2D eigenvalue weighted by molar-refractivity contribution is 5.89. The van der Waals surface area contributed by atoms with E-state index >= 15 is 0 Å². The third-order valence-electron chi connectivity index (χ3n) is 11.2. The molecule has 0 unspecified atom stereocenters. The van der Waals surface area contributed by atoms with Crippen LogP contribution in [0.4, 0.5) is 0 Å². The number of aromatic nitrogens is 3. The monoisotopic (exact) mass is 715 g/mol. The number of ether oxygens (including phenoxy) is 1. The standard InChI is InChI=1S/C52H33N3O/c1-3-14-36(15-4-1)49-53-50(37-16-5-2-6-17-37)55-51(54-49)40-19-13-18-38(32-40)34-26-28-35(29-27-34)39-30-31-46-48(33-39)56-47-25-12-11-24-45(47)52(46)43-22-9-7-20-41(43)42-21-8-10-23-44(42)52/h1-33H. The van der Waals surface area contributed by atoms with Gasteiger partial charge in [0.15, 0.2) is 17.5 Å². The van der Waals surface area contributed by atoms with Gasteiger partial charge in [-0.2, -0.15) is 0 Å². The highest BCUT2D eigenvalue weighted by atomic mass is 16.5. The molecule has 11 rings (SSSR count). The van der Waals surface area contributed by atoms with Crippen LogP contribution in [-0.4, -0.2) is 15.0 Å². The normalized spacial score (nSPS) is 12.9. The predicted octanol–water partition coefficient (Wildman–Crippen LogP) is 12.7. The van der Waals surface area contributed by atoms with Crippen molar-refractivity contribution in [2.75, 3.05) is 0 Å². The SMILES string of the molecule is c1ccc(-c2nc(-c3ccccc3)nc(-c3cccc(-c4ccc(-c5ccc6c(c5)Oc5ccccc5C65c6ccccc6-c6ccccc65)cc4)c3)n2)cc1. The Morgan fingerprint density at radius 2 is 0.714 bits per heavy atom. The first-order chi connectivity index (χ1) is 27.7. The lowest BCUT2D eigenvalue weighted by molar-refractivity contribution is 0.436. The van der Waals surface area contributed by atoms with Gasteiger partial charge in [0.05, 0.1) is 5.41 Å². The van der Waals surface area contributed by atoms with Crippen LogP contribution in [0.25, 0.3) is 67.5 Å². The number of benzene rings is 8. The molecule has 0 fully saturated rings. The molecular weight excluding hydrogens is 683 g/mol. The third-order valence-corrected chi connectivity index (χ3v) is 11.2. The van der Waals surface area contributed by atoms with Gasteiger partial charge in [-0.3, -0.25) is 0 Å². The molecule has 0 saturated carbocycles. The van der Waals surface area contributed by atoms with E-state index in [4.69, 9.17) is 19.7 Å². The molecule has 0 saturated heterocycles. The predicted molar refractivity (Wildman–Crippen MR) is 224 cm³/mol. The van der Waals surface area contributed by atoms with Crippen LogP contribution < -0.4 is 4.74 Å². The van der Waals surface area contributed by atoms with Gasteiger partial charge in [0, 0.05) is 27.8 Å². The molecule has 1 aliphatic heterocycles. The first-order valence-corrected chi connectivity index (χ1v) is 18.9. The van der Waals surface area contributed by atoms with Crippen LogP contribution in [0.15, 0.2) is 200 Å². The maximum atomic E-state index is 6.76. The fourth-order valence-electron chi connectivity index (χ4n) is 8.67. The maximum Gasteiger partial charge on any atom is 0.164 e. The van der Waals surface area contributed by atoms with E-state index in [9.17, 15) is 0 Å². The summed E-state index contributed by atoms with van der Waals surface area (Å²) in [5.74, 6) is 3.70. The summed E-state index contributed by atoms with van der Waals surface area (Å²) in [4.78, 5) is 14.8. The smallest absolute Gasteiger partial charge is 0.164 e. The van der Waals surface area contributed by atoms with Crippen LogP contribution in [-0.2, 0) is 5.41 Å². The minimum atomic E-state index is -0.465. The molecule has 1 aliphatic carbocycles. The molecule has 0 atom stereocenters. The molecule has 56 heavy (non-hydrogen) atoms. The van der Waals surface area contributed by atoms with Crippen LogP contribution in [0.3, 0.4) is 0 Å². The number of hydrogen-bond donors (Lipinski definition) is 0. The van der Waals surface area contributed by atoms with E-state index in [1.165, 1.54) is 27.8 Å². The van der Waals surface area contributed by atoms with Crippen molar-refractivity contribution >= 4 is 0 Å². The van der Waals surface area contributed by atoms with E-state index in [-0.39, 0.29) is 0 Å². The molecule has 9 aromatic rings. The first-order valence-electron chi connectivity index (χ1n) is 18.9. The zero-order valence-corrected chi connectivity index (χ0v) is 30.3. The zero-order chi connectivity index (χ0) is 37.1. The lowest BCUT2D eigenvalue weighted by Gasteiger charge is -2.39. The summed E-state index contributed by atoms with van der Waals surface area (Å²) < 4.78 is 6.76. The Bertz CT molecular complexity index is 2840. The van der Waals surface area contributed by atoms with Crippen molar-refractivity contribution in [3.8, 4) is 79.0 Å². The number of fused-ring (bicyclic) bond motifs is 9. The zero-order valence-electron chi connectivity index (χ0n) is 30.3. The second kappa shape index (κ2) is 12.9. The van der Waals surface area contributed by atoms with Gasteiger partial charge in [-0.15, -0.1) is 0 Å². The lowest BCUT2D eigenvalue weighted by atomic mass is 9.66. The largest absolute Gasteiger partial charge is 0.457 e. The third kappa shape index (κ3) is 5.04. The minimum absolute atomic E-state index is 0.465. The molecule has 0 amide bonds. The topological polar surface area (TPSA) is 47.9 Å². The van der Waals surface area contributed by atoms with Gasteiger partial charge < -0.3 is 4.74 Å². The Balaban J connectivity index is 0.962. The average Bonchev–Trinajstić information content (AvgIpc) is 3.57. The Kier molecular flexibility index (Phi) is 7.36. The van der Waals surface area contributed by atoms with Gasteiger partial charge in [0.25, 0.3) is 0 Å². The van der Waals surface area contributed by atoms with Crippen LogP contribution in [0.1, 0.15) is 22.3 Å². The van der Waals surface area contributed by atoms with E-state index in [2.05, 4.69) is 140 Å². The summed E-state index contributed by atoms with van der Waals surface area (Å²) >= 11 is 0. The Labute approximate surface area is 325 Å². The molecule has 1 aromatic heterocycles. The first kappa shape index (κ1) is 32.0. The van der Waals surface area contributed by atoms with E-state index in [1.54, 1.807) is 0 Å². The van der Waals surface area contributed by atoms with Crippen LogP contribution in [0.5, 0.6) is 11.5 Å². The quantitative estimate of drug-likeness (QED) is 0.178. The van der Waals surface area contributed by atoms with Gasteiger partial charge in [-0.1, -0.05) is 182 Å². The van der Waals surface area contributed by atoms with Crippen LogP contribution in [0, 0.1) is 0 Å². The number of para-hydroxylation sites is 1. The van der Waals surface area contributed by atoms with E-state index < -0.39 is 5.41 Å². The summed E-state index contributed by atoms with van der Waals surface area (Å²) in [7, 11) is 0. The lowest BCUT2D eigenvalue weighted by Crippen LogP contribution is -2.32. The molecule has 2 heterocycles. The molecule has 0 radical (unpaired) electrons. The van der Waals surface area contributed by atoms with Gasteiger partial charge in [0.2, 0.25) is 0 Å². The van der Waals surface area contributed by atoms with Crippen LogP contribution in [0.2, 0.25) is 0 Å². The van der Waals surface area contributed by atoms with Gasteiger partial charge >= 0.3 is 0 Å². The summed E-state index contributed by atoms with van der Waals surface area (Å²) in [6, 6.07) is 70.3. The molecule has 262 valence electrons. The fraction of sp³-hybridized carbons (Fsp3) is 0.0192. The molecule has 0 bridgehead atoms. The van der Waals surface area contributed by atoms with Gasteiger partial charge in [-0.05, 0) is 62.7 Å². The molecule has 1 spiro atoms. The number of nitrogens with zero attached hydrogens (tertiary/aromatic N) is 3. The van der Waals surface area contributed by atoms with Crippen molar-refractivity contribution in [1.82, 2.24) is 15.0 Å². The van der Waals surface area contributed by atoms with E-state index in [0.717, 1.165) is 56.0 Å². The van der Waals surface area contributed by atoms with Crippen molar-refractivity contribution in [2.24, 2.45) is 0 Å². The van der Waals surface area contributed by atoms with E-state index in [1.807, 2.05) is 60.7 Å². The van der Waals surface area contributed by atoms with Gasteiger partial charge in [0.1, 0.15) is 11.5 Å². The second-order valence-corrected chi connectivity index (χ2v) is 14.3. The Morgan fingerprint density at radius 1 is 0.286 bits per heavy atom. The second-order valence-electron chi connectivity index (χ2n) is 14.3. The summed E-state index contributed by atoms with van der Waals surface area (Å²) in [5, 5.41) is 0. The van der Waals surface area contributed by atoms with Crippen molar-refractivity contribution in [1.29, 1.82) is 0 Å². The van der Waals surface area contributed by atoms with Crippen molar-refractivity contribution < 1.29 is 4.74 Å². The Morgan fingerprint density at radius 3 is 1.32 bits per heavy atom. The highest BCUT2D eigenvalue weighted by Crippen LogP contribution is 2.62. The minimum Gasteiger partial charge on any atom is -0.457 e. The van der Waals surface area contributed by atoms with Crippen molar-refractivity contribution in [3.05, 3.63) is 222 Å². The van der Waals surface area contributed by atoms with Crippen molar-refractivity contribution in [3.63, 3.8) is 0 Å². The van der Waals surface area contributed by atoms with E-state index in [0.29, 0.717) is 17.5 Å². The number of rotatable bonds is 5. The molecular formula is C52H33N3O. The van der Waals surface area contributed by atoms with Gasteiger partial charge in [-0.25, -0.2) is 15.0 Å². The summed E-state index contributed by atoms with van der Waals surface area (Å²) in [6.45, 7) is 0. The molecule has 4 heteroatoms. The highest BCUT2D eigenvalue weighted by Gasteiger charge is 2.50. The maximum absolute atomic E-state index is 6.76. The molecule has 2 aliphatic rings. The van der Waals surface area contributed by atoms with Crippen molar-refractivity contribution in [2.45, 2.75) is 5.41 Å². The molecule has 8 aromatic carbocycles. The molecule has 4 nitrogen and oxygen atoms in total. The fourth-order valence-corrected chi connectivity index (χ4v) is 8.67. The summed E-state index contributed by atoms with van der Waals surface area (Å²) in [6.07, 6.45) is 0. The average molecular weight is 716 g/mol. The van der Waals surface area contributed by atoms with Crippen LogP contribution >= 0.6 is 0 Å². The molecule has 0 N–H and O–H groups in total. The summed E-state index contributed by atoms with van der Waals surface area (Å²) in [5.41, 5.74) is 14.3. The number of hydrogen-bond acceptors (Lipinski definition) is 4. The Hall–Kier alpha value is -7.43.